The van der Waals surface area contributed by atoms with Crippen molar-refractivity contribution in [3.8, 4) is 11.3 Å². The molecular weight excluding hydrogens is 611 g/mol. The molecular formula is C25H29IN4O4S2. The SMILES string of the molecule is CCCCCc1ccc(S(=O)(=O)Nc2cc(-c3csc(NC(=O)I)n3)ccc2N2CCOCC2)cc1. The Balaban J connectivity index is 1.62. The lowest BCUT2D eigenvalue weighted by Gasteiger charge is -2.31. The number of halogens is 1. The summed E-state index contributed by atoms with van der Waals surface area (Å²) in [6.45, 7) is 4.67. The third-order valence-corrected chi connectivity index (χ3v) is 8.31. The summed E-state index contributed by atoms with van der Waals surface area (Å²) in [5, 5.41) is 5.00. The van der Waals surface area contributed by atoms with Gasteiger partial charge in [-0.2, -0.15) is 0 Å². The lowest BCUT2D eigenvalue weighted by molar-refractivity contribution is 0.123. The minimum absolute atomic E-state index is 0.221. The molecule has 1 fully saturated rings. The lowest BCUT2D eigenvalue weighted by Crippen LogP contribution is -2.36. The van der Waals surface area contributed by atoms with Gasteiger partial charge in [0.1, 0.15) is 0 Å². The number of thiazole rings is 1. The fourth-order valence-electron chi connectivity index (χ4n) is 4.02. The van der Waals surface area contributed by atoms with E-state index in [2.05, 4.69) is 26.8 Å². The van der Waals surface area contributed by atoms with Gasteiger partial charge in [-0.1, -0.05) is 38.0 Å². The van der Waals surface area contributed by atoms with Crippen LogP contribution in [0.1, 0.15) is 31.7 Å². The maximum atomic E-state index is 13.4. The number of sulfonamides is 1. The molecule has 36 heavy (non-hydrogen) atoms. The number of hydrogen-bond donors (Lipinski definition) is 2. The van der Waals surface area contributed by atoms with Gasteiger partial charge in [-0.15, -0.1) is 11.3 Å². The normalized spacial score (nSPS) is 14.0. The molecule has 0 radical (unpaired) electrons. The van der Waals surface area contributed by atoms with Gasteiger partial charge in [0, 0.05) is 46.6 Å². The monoisotopic (exact) mass is 640 g/mol. The van der Waals surface area contributed by atoms with E-state index in [9.17, 15) is 13.2 Å². The van der Waals surface area contributed by atoms with Crippen LogP contribution in [0.2, 0.25) is 0 Å². The average molecular weight is 641 g/mol. The number of unbranched alkanes of at least 4 members (excludes halogenated alkanes) is 2. The molecule has 2 heterocycles. The maximum absolute atomic E-state index is 13.4. The molecule has 2 N–H and O–H groups in total. The molecule has 1 aliphatic rings. The summed E-state index contributed by atoms with van der Waals surface area (Å²) in [6, 6.07) is 12.7. The van der Waals surface area contributed by atoms with E-state index in [0.717, 1.165) is 42.5 Å². The molecule has 3 aromatic rings. The predicted molar refractivity (Wildman–Crippen MR) is 154 cm³/mol. The van der Waals surface area contributed by atoms with Gasteiger partial charge in [0.15, 0.2) is 5.13 Å². The Hall–Kier alpha value is -2.22. The number of ether oxygens (including phenoxy) is 1. The van der Waals surface area contributed by atoms with Gasteiger partial charge in [0.2, 0.25) is 0 Å². The van der Waals surface area contributed by atoms with Crippen molar-refractivity contribution in [1.82, 2.24) is 4.98 Å². The van der Waals surface area contributed by atoms with E-state index < -0.39 is 10.0 Å². The highest BCUT2D eigenvalue weighted by atomic mass is 127. The number of carbonyl (C=O) groups excluding carboxylic acids is 1. The topological polar surface area (TPSA) is 101 Å². The number of benzene rings is 2. The van der Waals surface area contributed by atoms with Crippen molar-refractivity contribution in [3.05, 3.63) is 53.4 Å². The van der Waals surface area contributed by atoms with Crippen LogP contribution in [-0.2, 0) is 21.2 Å². The standard InChI is InChI=1S/C25H29IN4O4S2/c1-2-3-4-5-18-6-9-20(10-7-18)36(32,33)29-21-16-19(22-17-35-25(27-22)28-24(26)31)8-11-23(21)30-12-14-34-15-13-30/h6-11,16-17,29H,2-5,12-15H2,1H3,(H,27,28,31). The van der Waals surface area contributed by atoms with Crippen LogP contribution in [0.3, 0.4) is 0 Å². The van der Waals surface area contributed by atoms with E-state index in [0.29, 0.717) is 42.8 Å². The largest absolute Gasteiger partial charge is 0.378 e. The zero-order valence-electron chi connectivity index (χ0n) is 20.0. The Morgan fingerprint density at radius 2 is 1.89 bits per heavy atom. The van der Waals surface area contributed by atoms with Crippen molar-refractivity contribution in [1.29, 1.82) is 0 Å². The quantitative estimate of drug-likeness (QED) is 0.119. The van der Waals surface area contributed by atoms with Crippen LogP contribution < -0.4 is 14.9 Å². The number of morpholine rings is 1. The highest BCUT2D eigenvalue weighted by Gasteiger charge is 2.21. The summed E-state index contributed by atoms with van der Waals surface area (Å²) >= 11 is 2.97. The van der Waals surface area contributed by atoms with Gasteiger partial charge in [0.25, 0.3) is 13.9 Å². The van der Waals surface area contributed by atoms with Crippen LogP contribution in [0.4, 0.5) is 21.3 Å². The molecule has 0 aliphatic carbocycles. The molecule has 0 unspecified atom stereocenters. The second-order valence-corrected chi connectivity index (χ2v) is 12.0. The molecule has 1 aliphatic heterocycles. The second kappa shape index (κ2) is 12.3. The lowest BCUT2D eigenvalue weighted by atomic mass is 10.1. The summed E-state index contributed by atoms with van der Waals surface area (Å²) in [5.74, 6) is 0. The number of rotatable bonds is 10. The van der Waals surface area contributed by atoms with E-state index in [-0.39, 0.29) is 8.81 Å². The van der Waals surface area contributed by atoms with Crippen molar-refractivity contribution < 1.29 is 17.9 Å². The zero-order chi connectivity index (χ0) is 25.5. The summed E-state index contributed by atoms with van der Waals surface area (Å²) in [6.07, 6.45) is 4.35. The van der Waals surface area contributed by atoms with Crippen LogP contribution in [0.15, 0.2) is 52.7 Å². The Labute approximate surface area is 229 Å². The van der Waals surface area contributed by atoms with Gasteiger partial charge in [-0.25, -0.2) is 13.4 Å². The number of carbonyl (C=O) groups is 1. The van der Waals surface area contributed by atoms with Crippen molar-refractivity contribution in [2.75, 3.05) is 41.2 Å². The summed E-state index contributed by atoms with van der Waals surface area (Å²) in [7, 11) is -3.81. The van der Waals surface area contributed by atoms with Gasteiger partial charge in [0.05, 0.1) is 35.2 Å². The average Bonchev–Trinajstić information content (AvgIpc) is 3.33. The summed E-state index contributed by atoms with van der Waals surface area (Å²) in [4.78, 5) is 18.2. The molecule has 4 rings (SSSR count). The van der Waals surface area contributed by atoms with Gasteiger partial charge in [-0.05, 0) is 42.7 Å². The number of hydrogen-bond acceptors (Lipinski definition) is 7. The minimum Gasteiger partial charge on any atom is -0.378 e. The first-order valence-electron chi connectivity index (χ1n) is 11.9. The highest BCUT2D eigenvalue weighted by Crippen LogP contribution is 2.35. The first-order chi connectivity index (χ1) is 17.4. The maximum Gasteiger partial charge on any atom is 0.286 e. The third-order valence-electron chi connectivity index (χ3n) is 5.90. The number of anilines is 3. The van der Waals surface area contributed by atoms with Crippen molar-refractivity contribution >= 4 is 64.4 Å². The molecule has 1 saturated heterocycles. The van der Waals surface area contributed by atoms with Gasteiger partial charge >= 0.3 is 0 Å². The Morgan fingerprint density at radius 1 is 1.14 bits per heavy atom. The second-order valence-electron chi connectivity index (χ2n) is 8.47. The van der Waals surface area contributed by atoms with Crippen molar-refractivity contribution in [2.45, 2.75) is 37.5 Å². The van der Waals surface area contributed by atoms with Crippen molar-refractivity contribution in [3.63, 3.8) is 0 Å². The van der Waals surface area contributed by atoms with E-state index in [1.165, 1.54) is 11.3 Å². The molecule has 2 aromatic carbocycles. The number of aromatic nitrogens is 1. The molecule has 0 atom stereocenters. The number of nitrogens with one attached hydrogen (secondary N) is 2. The fraction of sp³-hybridized carbons (Fsp3) is 0.360. The predicted octanol–water partition coefficient (Wildman–Crippen LogP) is 6.15. The Kier molecular flexibility index (Phi) is 9.20. The van der Waals surface area contributed by atoms with Gasteiger partial charge < -0.3 is 9.64 Å². The highest BCUT2D eigenvalue weighted by molar-refractivity contribution is 14.1. The molecule has 11 heteroatoms. The van der Waals surface area contributed by atoms with Crippen LogP contribution in [0.5, 0.6) is 0 Å². The number of amides is 1. The van der Waals surface area contributed by atoms with Crippen LogP contribution in [0, 0.1) is 0 Å². The smallest absolute Gasteiger partial charge is 0.286 e. The van der Waals surface area contributed by atoms with Crippen molar-refractivity contribution in [2.24, 2.45) is 0 Å². The molecule has 0 spiro atoms. The zero-order valence-corrected chi connectivity index (χ0v) is 23.8. The first-order valence-corrected chi connectivity index (χ1v) is 15.3. The minimum atomic E-state index is -3.81. The summed E-state index contributed by atoms with van der Waals surface area (Å²) < 4.78 is 34.8. The van der Waals surface area contributed by atoms with E-state index in [1.54, 1.807) is 40.8 Å². The Morgan fingerprint density at radius 3 is 2.58 bits per heavy atom. The molecule has 192 valence electrons. The van der Waals surface area contributed by atoms with E-state index >= 15 is 0 Å². The fourth-order valence-corrected chi connectivity index (χ4v) is 6.24. The summed E-state index contributed by atoms with van der Waals surface area (Å²) in [5.41, 5.74) is 3.81. The molecule has 0 saturated carbocycles. The van der Waals surface area contributed by atoms with Gasteiger partial charge in [-0.3, -0.25) is 14.8 Å². The Bertz CT molecular complexity index is 1290. The molecule has 1 aromatic heterocycles. The molecule has 8 nitrogen and oxygen atoms in total. The van der Waals surface area contributed by atoms with Crippen LogP contribution in [0.25, 0.3) is 11.3 Å². The van der Waals surface area contributed by atoms with Crippen LogP contribution >= 0.6 is 33.9 Å². The van der Waals surface area contributed by atoms with Crippen LogP contribution in [-0.4, -0.2) is 43.6 Å². The molecule has 0 bridgehead atoms. The van der Waals surface area contributed by atoms with E-state index in [1.807, 2.05) is 29.6 Å². The van der Waals surface area contributed by atoms with E-state index in [4.69, 9.17) is 4.74 Å². The molecule has 1 amide bonds. The number of aryl methyl sites for hydroxylation is 1. The third kappa shape index (κ3) is 6.96. The number of nitrogens with zero attached hydrogens (tertiary/aromatic N) is 2. The first kappa shape index (κ1) is 26.8.